The molecule has 0 unspecified atom stereocenters. The Kier molecular flexibility index (Phi) is 5.50. The highest BCUT2D eigenvalue weighted by Crippen LogP contribution is 2.37. The first kappa shape index (κ1) is 20.5. The molecule has 2 aliphatic heterocycles. The fourth-order valence-corrected chi connectivity index (χ4v) is 3.94. The lowest BCUT2D eigenvalue weighted by Gasteiger charge is -2.28. The van der Waals surface area contributed by atoms with Gasteiger partial charge in [0.1, 0.15) is 5.69 Å². The summed E-state index contributed by atoms with van der Waals surface area (Å²) in [5.41, 5.74) is 3.91. The number of pyridine rings is 1. The van der Waals surface area contributed by atoms with Crippen LogP contribution in [0.5, 0.6) is 11.5 Å². The molecule has 2 aromatic heterocycles. The first-order valence-corrected chi connectivity index (χ1v) is 10.5. The molecule has 2 aliphatic rings. The number of aliphatic hydroxyl groups is 1. The summed E-state index contributed by atoms with van der Waals surface area (Å²) in [6.07, 6.45) is 4.09. The highest BCUT2D eigenvalue weighted by molar-refractivity contribution is 5.98. The number of nitrogens with one attached hydrogen (secondary N) is 1. The third kappa shape index (κ3) is 4.17. The van der Waals surface area contributed by atoms with Crippen molar-refractivity contribution in [3.05, 3.63) is 59.4 Å². The van der Waals surface area contributed by atoms with E-state index >= 15 is 0 Å². The van der Waals surface area contributed by atoms with Gasteiger partial charge in [-0.1, -0.05) is 6.07 Å². The van der Waals surface area contributed by atoms with Gasteiger partial charge in [0, 0.05) is 26.0 Å². The Morgan fingerprint density at radius 2 is 2.12 bits per heavy atom. The largest absolute Gasteiger partial charge is 0.454 e. The van der Waals surface area contributed by atoms with Gasteiger partial charge in [-0.2, -0.15) is 5.10 Å². The minimum absolute atomic E-state index is 0.0687. The van der Waals surface area contributed by atoms with Crippen molar-refractivity contribution in [1.29, 1.82) is 0 Å². The van der Waals surface area contributed by atoms with Crippen LogP contribution in [0.1, 0.15) is 27.9 Å². The summed E-state index contributed by atoms with van der Waals surface area (Å²) in [7, 11) is 1.87. The molecule has 0 spiro atoms. The number of aliphatic hydroxyl groups excluding tert-OH is 1. The fourth-order valence-electron chi connectivity index (χ4n) is 3.94. The first-order valence-electron chi connectivity index (χ1n) is 10.5. The van der Waals surface area contributed by atoms with Gasteiger partial charge in [-0.3, -0.25) is 14.5 Å². The van der Waals surface area contributed by atoms with E-state index in [9.17, 15) is 9.90 Å². The number of ether oxygens (including phenoxy) is 3. The molecule has 0 radical (unpaired) electrons. The molecule has 166 valence electrons. The predicted molar refractivity (Wildman–Crippen MR) is 115 cm³/mol. The van der Waals surface area contributed by atoms with Crippen LogP contribution in [0.15, 0.2) is 42.7 Å². The maximum Gasteiger partial charge on any atom is 0.255 e. The Hall–Kier alpha value is -3.43. The van der Waals surface area contributed by atoms with Gasteiger partial charge in [0.15, 0.2) is 11.5 Å². The SMILES string of the molecule is Cn1ccc(-c2ccc(Cc3cc4c(c(C(=O)N[C@H]5CCOC[C@@H]5O)c3)OCO4)cn2)n1. The van der Waals surface area contributed by atoms with E-state index in [1.165, 1.54) is 0 Å². The van der Waals surface area contributed by atoms with Crippen LogP contribution in [0.3, 0.4) is 0 Å². The topological polar surface area (TPSA) is 108 Å². The number of carbonyl (C=O) groups is 1. The van der Waals surface area contributed by atoms with E-state index in [1.807, 2.05) is 43.7 Å². The number of carbonyl (C=O) groups excluding carboxylic acids is 1. The van der Waals surface area contributed by atoms with Gasteiger partial charge in [0.2, 0.25) is 6.79 Å². The van der Waals surface area contributed by atoms with E-state index in [-0.39, 0.29) is 25.3 Å². The van der Waals surface area contributed by atoms with E-state index < -0.39 is 6.10 Å². The molecule has 5 rings (SSSR count). The lowest BCUT2D eigenvalue weighted by Crippen LogP contribution is -2.48. The molecule has 2 N–H and O–H groups in total. The van der Waals surface area contributed by atoms with Gasteiger partial charge in [-0.25, -0.2) is 0 Å². The molecule has 2 atom stereocenters. The lowest BCUT2D eigenvalue weighted by atomic mass is 10.0. The zero-order chi connectivity index (χ0) is 22.1. The summed E-state index contributed by atoms with van der Waals surface area (Å²) in [6, 6.07) is 9.18. The zero-order valence-corrected chi connectivity index (χ0v) is 17.7. The number of rotatable bonds is 5. The third-order valence-electron chi connectivity index (χ3n) is 5.63. The molecule has 1 aromatic carbocycles. The van der Waals surface area contributed by atoms with Crippen molar-refractivity contribution in [2.75, 3.05) is 20.0 Å². The summed E-state index contributed by atoms with van der Waals surface area (Å²) in [6.45, 7) is 0.782. The Balaban J connectivity index is 1.36. The van der Waals surface area contributed by atoms with Gasteiger partial charge < -0.3 is 24.6 Å². The summed E-state index contributed by atoms with van der Waals surface area (Å²) in [5, 5.41) is 17.4. The minimum Gasteiger partial charge on any atom is -0.454 e. The Morgan fingerprint density at radius 1 is 1.22 bits per heavy atom. The average Bonchev–Trinajstić information content (AvgIpc) is 3.44. The van der Waals surface area contributed by atoms with Crippen molar-refractivity contribution in [3.8, 4) is 22.9 Å². The number of aryl methyl sites for hydroxylation is 1. The molecule has 9 nitrogen and oxygen atoms in total. The molecule has 0 bridgehead atoms. The number of amides is 1. The van der Waals surface area contributed by atoms with Crippen LogP contribution in [0.4, 0.5) is 0 Å². The third-order valence-corrected chi connectivity index (χ3v) is 5.63. The summed E-state index contributed by atoms with van der Waals surface area (Å²) < 4.78 is 18.1. The summed E-state index contributed by atoms with van der Waals surface area (Å²) >= 11 is 0. The van der Waals surface area contributed by atoms with Crippen molar-refractivity contribution < 1.29 is 24.1 Å². The number of nitrogens with zero attached hydrogens (tertiary/aromatic N) is 3. The summed E-state index contributed by atoms with van der Waals surface area (Å²) in [5.74, 6) is 0.665. The number of aromatic nitrogens is 3. The Bertz CT molecular complexity index is 1130. The molecule has 32 heavy (non-hydrogen) atoms. The van der Waals surface area contributed by atoms with E-state index in [0.717, 1.165) is 22.5 Å². The van der Waals surface area contributed by atoms with Gasteiger partial charge in [-0.15, -0.1) is 0 Å². The molecule has 1 amide bonds. The van der Waals surface area contributed by atoms with Crippen LogP contribution in [0.25, 0.3) is 11.4 Å². The highest BCUT2D eigenvalue weighted by Gasteiger charge is 2.29. The lowest BCUT2D eigenvalue weighted by molar-refractivity contribution is -0.0261. The fraction of sp³-hybridized carbons (Fsp3) is 0.348. The normalized spacial score (nSPS) is 19.7. The number of hydrogen-bond acceptors (Lipinski definition) is 7. The van der Waals surface area contributed by atoms with Crippen LogP contribution in [-0.2, 0) is 18.2 Å². The Morgan fingerprint density at radius 3 is 2.88 bits per heavy atom. The van der Waals surface area contributed by atoms with Crippen LogP contribution in [0, 0.1) is 0 Å². The van der Waals surface area contributed by atoms with Crippen LogP contribution >= 0.6 is 0 Å². The van der Waals surface area contributed by atoms with Gasteiger partial charge in [0.25, 0.3) is 5.91 Å². The second kappa shape index (κ2) is 8.60. The van der Waals surface area contributed by atoms with Crippen molar-refractivity contribution in [2.45, 2.75) is 25.0 Å². The molecule has 4 heterocycles. The Labute approximate surface area is 184 Å². The predicted octanol–water partition coefficient (Wildman–Crippen LogP) is 1.68. The monoisotopic (exact) mass is 436 g/mol. The maximum absolute atomic E-state index is 13.0. The highest BCUT2D eigenvalue weighted by atomic mass is 16.7. The van der Waals surface area contributed by atoms with E-state index in [2.05, 4.69) is 15.4 Å². The molecular weight excluding hydrogens is 412 g/mol. The zero-order valence-electron chi connectivity index (χ0n) is 17.7. The number of fused-ring (bicyclic) bond motifs is 1. The minimum atomic E-state index is -0.732. The molecule has 1 fully saturated rings. The average molecular weight is 436 g/mol. The van der Waals surface area contributed by atoms with Crippen molar-refractivity contribution in [1.82, 2.24) is 20.1 Å². The molecule has 0 aliphatic carbocycles. The van der Waals surface area contributed by atoms with Crippen LogP contribution < -0.4 is 14.8 Å². The van der Waals surface area contributed by atoms with E-state index in [4.69, 9.17) is 14.2 Å². The van der Waals surface area contributed by atoms with E-state index in [0.29, 0.717) is 36.5 Å². The smallest absolute Gasteiger partial charge is 0.255 e. The molecule has 1 saturated heterocycles. The number of hydrogen-bond donors (Lipinski definition) is 2. The van der Waals surface area contributed by atoms with Gasteiger partial charge >= 0.3 is 0 Å². The second-order valence-corrected chi connectivity index (χ2v) is 7.99. The maximum atomic E-state index is 13.0. The van der Waals surface area contributed by atoms with Crippen molar-refractivity contribution in [2.24, 2.45) is 7.05 Å². The van der Waals surface area contributed by atoms with Crippen LogP contribution in [-0.4, -0.2) is 57.9 Å². The standard InChI is InChI=1S/C23H24N4O5/c1-27-6-4-18(26-27)17-3-2-14(11-24-17)8-15-9-16(22-21(10-15)31-13-32-22)23(29)25-19-5-7-30-12-20(19)28/h2-4,6,9-11,19-20,28H,5,7-8,12-13H2,1H3,(H,25,29)/t19-,20-/m0/s1. The quantitative estimate of drug-likeness (QED) is 0.627. The molecule has 9 heteroatoms. The number of benzene rings is 1. The second-order valence-electron chi connectivity index (χ2n) is 7.99. The van der Waals surface area contributed by atoms with Crippen LogP contribution in [0.2, 0.25) is 0 Å². The molecular formula is C23H24N4O5. The van der Waals surface area contributed by atoms with Crippen molar-refractivity contribution >= 4 is 5.91 Å². The first-order chi connectivity index (χ1) is 15.6. The molecule has 3 aromatic rings. The van der Waals surface area contributed by atoms with E-state index in [1.54, 1.807) is 10.7 Å². The van der Waals surface area contributed by atoms with Gasteiger partial charge in [-0.05, 0) is 48.2 Å². The van der Waals surface area contributed by atoms with Crippen molar-refractivity contribution in [3.63, 3.8) is 0 Å². The van der Waals surface area contributed by atoms with Gasteiger partial charge in [0.05, 0.1) is 30.0 Å². The summed E-state index contributed by atoms with van der Waals surface area (Å²) in [4.78, 5) is 17.5. The molecule has 0 saturated carbocycles.